The standard InChI is InChI=1S/C14H18ClFN2O3S/c1-17-7-8-21-12-5-6-18(9-11(12)17)22(19,20)13-4-2-3-10(15)14(13)16/h2-4,11-12H,5-9H2,1H3/t11-,12-/m0/s1. The SMILES string of the molecule is CN1CCO[C@H]2CCN(S(=O)(=O)c3cccc(Cl)c3F)C[C@@H]21. The van der Waals surface area contributed by atoms with E-state index >= 15 is 0 Å². The lowest BCUT2D eigenvalue weighted by Crippen LogP contribution is -2.59. The highest BCUT2D eigenvalue weighted by atomic mass is 35.5. The summed E-state index contributed by atoms with van der Waals surface area (Å²) in [5, 5.41) is -0.186. The second-order valence-corrected chi connectivity index (χ2v) is 7.97. The molecule has 1 aromatic rings. The third-order valence-electron chi connectivity index (χ3n) is 4.36. The zero-order chi connectivity index (χ0) is 15.9. The quantitative estimate of drug-likeness (QED) is 0.814. The van der Waals surface area contributed by atoms with Crippen LogP contribution in [0, 0.1) is 5.82 Å². The average molecular weight is 349 g/mol. The molecule has 0 unspecified atom stereocenters. The first-order chi connectivity index (χ1) is 10.4. The molecule has 0 saturated carbocycles. The molecule has 0 bridgehead atoms. The average Bonchev–Trinajstić information content (AvgIpc) is 2.50. The van der Waals surface area contributed by atoms with Gasteiger partial charge in [0.15, 0.2) is 5.82 Å². The maximum atomic E-state index is 14.1. The summed E-state index contributed by atoms with van der Waals surface area (Å²) in [6.45, 7) is 2.05. The predicted molar refractivity (Wildman–Crippen MR) is 80.9 cm³/mol. The Balaban J connectivity index is 1.88. The Morgan fingerprint density at radius 3 is 2.91 bits per heavy atom. The van der Waals surface area contributed by atoms with Crippen LogP contribution < -0.4 is 0 Å². The summed E-state index contributed by atoms with van der Waals surface area (Å²) in [5.41, 5.74) is 0. The molecule has 1 aromatic carbocycles. The number of morpholine rings is 1. The monoisotopic (exact) mass is 348 g/mol. The number of hydrogen-bond donors (Lipinski definition) is 0. The molecule has 22 heavy (non-hydrogen) atoms. The lowest BCUT2D eigenvalue weighted by Gasteiger charge is -2.45. The largest absolute Gasteiger partial charge is 0.375 e. The van der Waals surface area contributed by atoms with Crippen molar-refractivity contribution < 1.29 is 17.5 Å². The maximum Gasteiger partial charge on any atom is 0.246 e. The van der Waals surface area contributed by atoms with Crippen LogP contribution in [-0.2, 0) is 14.8 Å². The van der Waals surface area contributed by atoms with Crippen LogP contribution in [0.1, 0.15) is 6.42 Å². The fraction of sp³-hybridized carbons (Fsp3) is 0.571. The van der Waals surface area contributed by atoms with Crippen LogP contribution in [0.5, 0.6) is 0 Å². The molecule has 0 radical (unpaired) electrons. The first kappa shape index (κ1) is 16.1. The van der Waals surface area contributed by atoms with Crippen LogP contribution in [0.15, 0.2) is 23.1 Å². The molecule has 0 amide bonds. The van der Waals surface area contributed by atoms with Gasteiger partial charge in [-0.1, -0.05) is 17.7 Å². The van der Waals surface area contributed by atoms with E-state index in [4.69, 9.17) is 16.3 Å². The molecule has 5 nitrogen and oxygen atoms in total. The van der Waals surface area contributed by atoms with Crippen molar-refractivity contribution in [2.45, 2.75) is 23.5 Å². The van der Waals surface area contributed by atoms with Crippen molar-refractivity contribution in [2.24, 2.45) is 0 Å². The van der Waals surface area contributed by atoms with Crippen LogP contribution in [0.25, 0.3) is 0 Å². The topological polar surface area (TPSA) is 49.9 Å². The molecule has 122 valence electrons. The van der Waals surface area contributed by atoms with Crippen molar-refractivity contribution in [3.05, 3.63) is 29.0 Å². The smallest absolute Gasteiger partial charge is 0.246 e. The zero-order valence-corrected chi connectivity index (χ0v) is 13.8. The van der Waals surface area contributed by atoms with E-state index in [2.05, 4.69) is 4.90 Å². The summed E-state index contributed by atoms with van der Waals surface area (Å²) < 4.78 is 46.5. The number of likely N-dealkylation sites (N-methyl/N-ethyl adjacent to an activating group) is 1. The van der Waals surface area contributed by atoms with E-state index < -0.39 is 15.8 Å². The Bertz CT molecular complexity index is 670. The van der Waals surface area contributed by atoms with Crippen LogP contribution in [0.2, 0.25) is 5.02 Å². The zero-order valence-electron chi connectivity index (χ0n) is 12.2. The van der Waals surface area contributed by atoms with Crippen LogP contribution >= 0.6 is 11.6 Å². The molecule has 0 aromatic heterocycles. The van der Waals surface area contributed by atoms with E-state index in [-0.39, 0.29) is 22.1 Å². The highest BCUT2D eigenvalue weighted by Gasteiger charge is 2.40. The molecule has 3 rings (SSSR count). The van der Waals surface area contributed by atoms with Crippen molar-refractivity contribution in [2.75, 3.05) is 33.3 Å². The summed E-state index contributed by atoms with van der Waals surface area (Å²) in [4.78, 5) is 1.74. The van der Waals surface area contributed by atoms with Crippen LogP contribution in [0.4, 0.5) is 4.39 Å². The molecule has 2 aliphatic heterocycles. The summed E-state index contributed by atoms with van der Waals surface area (Å²) in [5.74, 6) is -0.889. The molecule has 8 heteroatoms. The number of rotatable bonds is 2. The van der Waals surface area contributed by atoms with Crippen molar-refractivity contribution in [1.29, 1.82) is 0 Å². The molecular weight excluding hydrogens is 331 g/mol. The highest BCUT2D eigenvalue weighted by molar-refractivity contribution is 7.89. The van der Waals surface area contributed by atoms with Gasteiger partial charge in [-0.3, -0.25) is 4.90 Å². The van der Waals surface area contributed by atoms with Gasteiger partial charge in [-0.15, -0.1) is 0 Å². The van der Waals surface area contributed by atoms with Crippen LogP contribution in [0.3, 0.4) is 0 Å². The number of hydrogen-bond acceptors (Lipinski definition) is 4. The maximum absolute atomic E-state index is 14.1. The predicted octanol–water partition coefficient (Wildman–Crippen LogP) is 1.57. The Morgan fingerprint density at radius 2 is 2.14 bits per heavy atom. The first-order valence-electron chi connectivity index (χ1n) is 7.17. The second kappa shape index (κ2) is 6.05. The summed E-state index contributed by atoms with van der Waals surface area (Å²) >= 11 is 5.71. The molecule has 0 N–H and O–H groups in total. The van der Waals surface area contributed by atoms with Crippen LogP contribution in [-0.4, -0.2) is 63.1 Å². The minimum Gasteiger partial charge on any atom is -0.375 e. The molecule has 2 saturated heterocycles. The highest BCUT2D eigenvalue weighted by Crippen LogP contribution is 2.29. The van der Waals surface area contributed by atoms with E-state index in [1.165, 1.54) is 22.5 Å². The van der Waals surface area contributed by atoms with Crippen molar-refractivity contribution in [3.8, 4) is 0 Å². The molecule has 0 spiro atoms. The Hall–Kier alpha value is -0.730. The van der Waals surface area contributed by atoms with E-state index in [0.29, 0.717) is 26.1 Å². The Kier molecular flexibility index (Phi) is 4.44. The number of sulfonamides is 1. The lowest BCUT2D eigenvalue weighted by molar-refractivity contribution is -0.0840. The minimum absolute atomic E-state index is 0.000444. The van der Waals surface area contributed by atoms with E-state index in [1.807, 2.05) is 7.05 Å². The van der Waals surface area contributed by atoms with Gasteiger partial charge in [0.2, 0.25) is 10.0 Å². The fourth-order valence-electron chi connectivity index (χ4n) is 3.05. The lowest BCUT2D eigenvalue weighted by atomic mass is 10.0. The van der Waals surface area contributed by atoms with E-state index in [9.17, 15) is 12.8 Å². The van der Waals surface area contributed by atoms with Gasteiger partial charge < -0.3 is 4.74 Å². The van der Waals surface area contributed by atoms with Gasteiger partial charge in [-0.05, 0) is 25.6 Å². The van der Waals surface area contributed by atoms with E-state index in [1.54, 1.807) is 0 Å². The number of benzene rings is 1. The summed E-state index contributed by atoms with van der Waals surface area (Å²) in [7, 11) is -1.94. The molecular formula is C14H18ClFN2O3S. The van der Waals surface area contributed by atoms with Gasteiger partial charge in [-0.25, -0.2) is 12.8 Å². The number of nitrogens with zero attached hydrogens (tertiary/aromatic N) is 2. The Morgan fingerprint density at radius 1 is 1.36 bits per heavy atom. The van der Waals surface area contributed by atoms with Gasteiger partial charge in [-0.2, -0.15) is 4.31 Å². The first-order valence-corrected chi connectivity index (χ1v) is 8.99. The van der Waals surface area contributed by atoms with Gasteiger partial charge in [0.05, 0.1) is 17.7 Å². The number of fused-ring (bicyclic) bond motifs is 1. The Labute approximate surface area is 134 Å². The van der Waals surface area contributed by atoms with Gasteiger partial charge in [0.1, 0.15) is 4.90 Å². The van der Waals surface area contributed by atoms with Gasteiger partial charge in [0, 0.05) is 25.7 Å². The number of ether oxygens (including phenoxy) is 1. The van der Waals surface area contributed by atoms with Gasteiger partial charge in [0.25, 0.3) is 0 Å². The molecule has 2 aliphatic rings. The van der Waals surface area contributed by atoms with E-state index in [0.717, 1.165) is 6.54 Å². The third-order valence-corrected chi connectivity index (χ3v) is 6.53. The molecule has 2 atom stereocenters. The normalized spacial score (nSPS) is 27.6. The number of halogens is 2. The van der Waals surface area contributed by atoms with Crippen molar-refractivity contribution in [3.63, 3.8) is 0 Å². The fourth-order valence-corrected chi connectivity index (χ4v) is 4.84. The molecule has 0 aliphatic carbocycles. The molecule has 2 fully saturated rings. The van der Waals surface area contributed by atoms with Gasteiger partial charge >= 0.3 is 0 Å². The van der Waals surface area contributed by atoms with Crippen molar-refractivity contribution in [1.82, 2.24) is 9.21 Å². The summed E-state index contributed by atoms with van der Waals surface area (Å²) in [6, 6.07) is 4.04. The second-order valence-electron chi connectivity index (χ2n) is 5.66. The number of piperidine rings is 1. The third kappa shape index (κ3) is 2.76. The summed E-state index contributed by atoms with van der Waals surface area (Å²) in [6.07, 6.45) is 0.644. The van der Waals surface area contributed by atoms with Crippen molar-refractivity contribution >= 4 is 21.6 Å². The molecule has 2 heterocycles. The minimum atomic E-state index is -3.90.